The number of thiophene rings is 1. The zero-order valence-corrected chi connectivity index (χ0v) is 15.9. The van der Waals surface area contributed by atoms with Crippen molar-refractivity contribution in [3.8, 4) is 0 Å². The van der Waals surface area contributed by atoms with Gasteiger partial charge in [-0.2, -0.15) is 4.31 Å². The molecule has 0 atom stereocenters. The second kappa shape index (κ2) is 7.99. The van der Waals surface area contributed by atoms with Crippen molar-refractivity contribution in [1.29, 1.82) is 0 Å². The number of sulfonamides is 1. The average Bonchev–Trinajstić information content (AvgIpc) is 3.22. The van der Waals surface area contributed by atoms with Gasteiger partial charge in [0, 0.05) is 38.3 Å². The van der Waals surface area contributed by atoms with Crippen molar-refractivity contribution in [1.82, 2.24) is 9.21 Å². The minimum atomic E-state index is -3.52. The summed E-state index contributed by atoms with van der Waals surface area (Å²) in [6, 6.07) is 9.40. The van der Waals surface area contributed by atoms with Crippen molar-refractivity contribution in [2.24, 2.45) is 0 Å². The van der Waals surface area contributed by atoms with Crippen molar-refractivity contribution in [2.45, 2.75) is 4.21 Å². The number of nitrogens with zero attached hydrogens (tertiary/aromatic N) is 3. The minimum absolute atomic E-state index is 0.0755. The van der Waals surface area contributed by atoms with Crippen LogP contribution in [0.1, 0.15) is 5.56 Å². The Bertz CT molecular complexity index is 962. The van der Waals surface area contributed by atoms with E-state index in [4.69, 9.17) is 0 Å². The molecule has 0 radical (unpaired) electrons. The Morgan fingerprint density at radius 1 is 1.11 bits per heavy atom. The van der Waals surface area contributed by atoms with Crippen LogP contribution in [0.3, 0.4) is 0 Å². The Morgan fingerprint density at radius 2 is 1.81 bits per heavy atom. The van der Waals surface area contributed by atoms with Crippen LogP contribution in [0.2, 0.25) is 0 Å². The average molecular weight is 407 g/mol. The molecule has 0 aliphatic carbocycles. The van der Waals surface area contributed by atoms with Crippen LogP contribution in [-0.2, 0) is 14.8 Å². The van der Waals surface area contributed by atoms with Crippen LogP contribution in [-0.4, -0.2) is 54.6 Å². The highest BCUT2D eigenvalue weighted by Gasteiger charge is 2.30. The van der Waals surface area contributed by atoms with Gasteiger partial charge in [-0.3, -0.25) is 14.9 Å². The molecule has 1 aromatic heterocycles. The first-order chi connectivity index (χ1) is 12.9. The van der Waals surface area contributed by atoms with Gasteiger partial charge < -0.3 is 4.90 Å². The van der Waals surface area contributed by atoms with Gasteiger partial charge >= 0.3 is 0 Å². The van der Waals surface area contributed by atoms with Crippen LogP contribution in [0.4, 0.5) is 5.69 Å². The quantitative estimate of drug-likeness (QED) is 0.430. The number of benzene rings is 1. The van der Waals surface area contributed by atoms with Crippen LogP contribution in [0.5, 0.6) is 0 Å². The monoisotopic (exact) mass is 407 g/mol. The maximum Gasteiger partial charge on any atom is 0.276 e. The van der Waals surface area contributed by atoms with Gasteiger partial charge in [0.2, 0.25) is 5.91 Å². The summed E-state index contributed by atoms with van der Waals surface area (Å²) in [5, 5.41) is 12.7. The van der Waals surface area contributed by atoms with E-state index in [0.29, 0.717) is 9.77 Å². The fourth-order valence-electron chi connectivity index (χ4n) is 2.75. The van der Waals surface area contributed by atoms with E-state index in [1.54, 1.807) is 35.7 Å². The van der Waals surface area contributed by atoms with E-state index in [1.165, 1.54) is 27.4 Å². The molecular weight excluding hydrogens is 390 g/mol. The molecule has 1 fully saturated rings. The highest BCUT2D eigenvalue weighted by Crippen LogP contribution is 2.22. The van der Waals surface area contributed by atoms with E-state index in [0.717, 1.165) is 11.3 Å². The number of hydrogen-bond acceptors (Lipinski definition) is 6. The van der Waals surface area contributed by atoms with Crippen molar-refractivity contribution < 1.29 is 18.1 Å². The minimum Gasteiger partial charge on any atom is -0.337 e. The van der Waals surface area contributed by atoms with Gasteiger partial charge in [-0.05, 0) is 23.6 Å². The summed E-state index contributed by atoms with van der Waals surface area (Å²) in [5.74, 6) is -0.304. The topological polar surface area (TPSA) is 101 Å². The third-order valence-electron chi connectivity index (χ3n) is 4.18. The van der Waals surface area contributed by atoms with Crippen molar-refractivity contribution in [3.63, 3.8) is 0 Å². The Morgan fingerprint density at radius 3 is 2.44 bits per heavy atom. The normalized spacial score (nSPS) is 15.9. The lowest BCUT2D eigenvalue weighted by atomic mass is 10.1. The number of para-hydroxylation sites is 1. The van der Waals surface area contributed by atoms with Gasteiger partial charge in [-0.15, -0.1) is 11.3 Å². The third-order valence-corrected chi connectivity index (χ3v) is 7.45. The van der Waals surface area contributed by atoms with Crippen LogP contribution in [0, 0.1) is 10.1 Å². The van der Waals surface area contributed by atoms with E-state index >= 15 is 0 Å². The molecule has 1 aliphatic rings. The number of carbonyl (C=O) groups is 1. The molecule has 8 nitrogen and oxygen atoms in total. The highest BCUT2D eigenvalue weighted by molar-refractivity contribution is 7.91. The summed E-state index contributed by atoms with van der Waals surface area (Å²) in [7, 11) is -3.52. The first-order valence-electron chi connectivity index (χ1n) is 8.13. The molecule has 1 aliphatic heterocycles. The summed E-state index contributed by atoms with van der Waals surface area (Å²) in [4.78, 5) is 24.4. The second-order valence-corrected chi connectivity index (χ2v) is 8.92. The fraction of sp³-hybridized carbons (Fsp3) is 0.235. The second-order valence-electron chi connectivity index (χ2n) is 5.81. The third kappa shape index (κ3) is 4.24. The fourth-order valence-corrected chi connectivity index (χ4v) is 5.31. The number of hydrogen-bond donors (Lipinski definition) is 0. The van der Waals surface area contributed by atoms with E-state index in [-0.39, 0.29) is 37.8 Å². The van der Waals surface area contributed by atoms with Crippen molar-refractivity contribution in [3.05, 3.63) is 63.5 Å². The molecule has 1 saturated heterocycles. The first kappa shape index (κ1) is 19.2. The highest BCUT2D eigenvalue weighted by atomic mass is 32.2. The van der Waals surface area contributed by atoms with Gasteiger partial charge in [0.1, 0.15) is 4.21 Å². The molecule has 2 heterocycles. The Balaban J connectivity index is 1.63. The van der Waals surface area contributed by atoms with Gasteiger partial charge in [0.15, 0.2) is 0 Å². The zero-order chi connectivity index (χ0) is 19.4. The first-order valence-corrected chi connectivity index (χ1v) is 10.5. The molecule has 142 valence electrons. The number of nitro groups is 1. The predicted molar refractivity (Wildman–Crippen MR) is 102 cm³/mol. The lowest BCUT2D eigenvalue weighted by Gasteiger charge is -2.33. The Kier molecular flexibility index (Phi) is 5.68. The maximum absolute atomic E-state index is 12.5. The predicted octanol–water partition coefficient (Wildman–Crippen LogP) is 2.20. The SMILES string of the molecule is O=C(/C=C/c1ccccc1[N+](=O)[O-])N1CCN(S(=O)(=O)c2cccs2)CC1. The van der Waals surface area contributed by atoms with Crippen LogP contribution >= 0.6 is 11.3 Å². The van der Waals surface area contributed by atoms with Crippen molar-refractivity contribution in [2.75, 3.05) is 26.2 Å². The van der Waals surface area contributed by atoms with Gasteiger partial charge in [-0.25, -0.2) is 8.42 Å². The number of nitro benzene ring substituents is 1. The number of carbonyl (C=O) groups excluding carboxylic acids is 1. The smallest absolute Gasteiger partial charge is 0.276 e. The number of piperazine rings is 1. The number of amides is 1. The summed E-state index contributed by atoms with van der Waals surface area (Å²) < 4.78 is 26.6. The lowest BCUT2D eigenvalue weighted by molar-refractivity contribution is -0.385. The molecular formula is C17H17N3O5S2. The molecule has 0 N–H and O–H groups in total. The summed E-state index contributed by atoms with van der Waals surface area (Å²) in [6.45, 7) is 0.964. The van der Waals surface area contributed by atoms with E-state index < -0.39 is 14.9 Å². The molecule has 0 spiro atoms. The Hall–Kier alpha value is -2.56. The van der Waals surface area contributed by atoms with Gasteiger partial charge in [0.25, 0.3) is 15.7 Å². The molecule has 10 heteroatoms. The van der Waals surface area contributed by atoms with Crippen LogP contribution in [0.25, 0.3) is 6.08 Å². The van der Waals surface area contributed by atoms with Crippen LogP contribution in [0.15, 0.2) is 52.1 Å². The van der Waals surface area contributed by atoms with Gasteiger partial charge in [-0.1, -0.05) is 18.2 Å². The Labute approximate surface area is 160 Å². The molecule has 1 amide bonds. The summed E-state index contributed by atoms with van der Waals surface area (Å²) in [5.41, 5.74) is 0.267. The molecule has 0 bridgehead atoms. The number of rotatable bonds is 5. The zero-order valence-electron chi connectivity index (χ0n) is 14.2. The van der Waals surface area contributed by atoms with Crippen LogP contribution < -0.4 is 0 Å². The lowest BCUT2D eigenvalue weighted by Crippen LogP contribution is -2.50. The van der Waals surface area contributed by atoms with E-state index in [9.17, 15) is 23.3 Å². The van der Waals surface area contributed by atoms with Crippen molar-refractivity contribution >= 4 is 39.0 Å². The summed E-state index contributed by atoms with van der Waals surface area (Å²) in [6.07, 6.45) is 2.70. The molecule has 0 saturated carbocycles. The molecule has 1 aromatic carbocycles. The van der Waals surface area contributed by atoms with E-state index in [1.807, 2.05) is 0 Å². The van der Waals surface area contributed by atoms with Gasteiger partial charge in [0.05, 0.1) is 10.5 Å². The van der Waals surface area contributed by atoms with E-state index in [2.05, 4.69) is 0 Å². The molecule has 3 rings (SSSR count). The largest absolute Gasteiger partial charge is 0.337 e. The standard InChI is InChI=1S/C17H17N3O5S2/c21-16(8-7-14-4-1-2-5-15(14)20(22)23)18-9-11-19(12-10-18)27(24,25)17-6-3-13-26-17/h1-8,13H,9-12H2/b8-7+. The molecule has 27 heavy (non-hydrogen) atoms. The summed E-state index contributed by atoms with van der Waals surface area (Å²) >= 11 is 1.16. The molecule has 0 unspecified atom stereocenters. The maximum atomic E-state index is 12.5. The molecule has 2 aromatic rings.